The van der Waals surface area contributed by atoms with Crippen LogP contribution < -0.4 is 10.6 Å². The number of amides is 2. The fourth-order valence-electron chi connectivity index (χ4n) is 3.80. The molecule has 136 valence electrons. The quantitative estimate of drug-likeness (QED) is 0.734. The van der Waals surface area contributed by atoms with E-state index in [9.17, 15) is 9.59 Å². The van der Waals surface area contributed by atoms with Gasteiger partial charge in [-0.2, -0.15) is 0 Å². The molecule has 1 fully saturated rings. The first-order valence-electron chi connectivity index (χ1n) is 8.63. The third-order valence-electron chi connectivity index (χ3n) is 5.03. The summed E-state index contributed by atoms with van der Waals surface area (Å²) in [7, 11) is 0. The van der Waals surface area contributed by atoms with Crippen LogP contribution >= 0.6 is 35.2 Å². The van der Waals surface area contributed by atoms with E-state index >= 15 is 0 Å². The fraction of sp³-hybridized carbons (Fsp3) is 0.389. The molecule has 1 aromatic heterocycles. The SMILES string of the molecule is O=C(NCc1cccc(Cl)c1)c1sc(=S)n2c1NC(=O)C1CCCCC12. The number of carbonyl (C=O) groups is 2. The van der Waals surface area contributed by atoms with E-state index in [2.05, 4.69) is 10.6 Å². The molecular formula is C18H18ClN3O2S2. The van der Waals surface area contributed by atoms with Crippen LogP contribution in [0.15, 0.2) is 24.3 Å². The summed E-state index contributed by atoms with van der Waals surface area (Å²) in [5.74, 6) is 0.285. The zero-order chi connectivity index (χ0) is 18.3. The molecule has 5 nitrogen and oxygen atoms in total. The Morgan fingerprint density at radius 2 is 2.19 bits per heavy atom. The molecule has 2 aliphatic rings. The summed E-state index contributed by atoms with van der Waals surface area (Å²) in [6, 6.07) is 7.42. The standard InChI is InChI=1S/C18H18ClN3O2S2/c19-11-5-3-4-10(8-11)9-20-17(24)14-15-21-16(23)12-6-1-2-7-13(12)22(15)18(25)26-14/h3-5,8,12-13H,1-2,6-7,9H2,(H,20,24)(H,21,23). The third kappa shape index (κ3) is 3.19. The van der Waals surface area contributed by atoms with E-state index in [4.69, 9.17) is 23.8 Å². The van der Waals surface area contributed by atoms with Gasteiger partial charge in [0.2, 0.25) is 5.91 Å². The molecule has 2 amide bonds. The zero-order valence-corrected chi connectivity index (χ0v) is 16.3. The number of aromatic nitrogens is 1. The van der Waals surface area contributed by atoms with Crippen molar-refractivity contribution in [3.8, 4) is 0 Å². The van der Waals surface area contributed by atoms with Gasteiger partial charge in [0.15, 0.2) is 3.95 Å². The third-order valence-corrected chi connectivity index (χ3v) is 6.67. The van der Waals surface area contributed by atoms with E-state index in [-0.39, 0.29) is 23.8 Å². The molecule has 26 heavy (non-hydrogen) atoms. The molecule has 4 rings (SSSR count). The Labute approximate surface area is 165 Å². The number of halogens is 1. The summed E-state index contributed by atoms with van der Waals surface area (Å²) in [5.41, 5.74) is 0.916. The molecule has 0 spiro atoms. The number of benzene rings is 1. The van der Waals surface area contributed by atoms with Crippen LogP contribution in [0.25, 0.3) is 0 Å². The van der Waals surface area contributed by atoms with Gasteiger partial charge in [0.25, 0.3) is 5.91 Å². The Balaban J connectivity index is 1.59. The molecule has 2 unspecified atom stereocenters. The van der Waals surface area contributed by atoms with Gasteiger partial charge >= 0.3 is 0 Å². The topological polar surface area (TPSA) is 63.1 Å². The van der Waals surface area contributed by atoms with Gasteiger partial charge in [0, 0.05) is 17.6 Å². The van der Waals surface area contributed by atoms with Gasteiger partial charge in [-0.05, 0) is 42.8 Å². The molecule has 0 radical (unpaired) electrons. The van der Waals surface area contributed by atoms with Gasteiger partial charge in [-0.3, -0.25) is 9.59 Å². The van der Waals surface area contributed by atoms with Gasteiger partial charge in [0.1, 0.15) is 10.7 Å². The average Bonchev–Trinajstić information content (AvgIpc) is 2.97. The highest BCUT2D eigenvalue weighted by atomic mass is 35.5. The van der Waals surface area contributed by atoms with E-state index in [1.165, 1.54) is 11.3 Å². The number of rotatable bonds is 3. The van der Waals surface area contributed by atoms with E-state index in [0.717, 1.165) is 31.2 Å². The summed E-state index contributed by atoms with van der Waals surface area (Å²) in [6.45, 7) is 0.365. The maximum atomic E-state index is 12.7. The van der Waals surface area contributed by atoms with Crippen molar-refractivity contribution >= 4 is 52.8 Å². The zero-order valence-electron chi connectivity index (χ0n) is 14.0. The lowest BCUT2D eigenvalue weighted by molar-refractivity contribution is -0.123. The minimum Gasteiger partial charge on any atom is -0.347 e. The summed E-state index contributed by atoms with van der Waals surface area (Å²) < 4.78 is 2.63. The molecule has 2 heterocycles. The van der Waals surface area contributed by atoms with E-state index in [0.29, 0.717) is 26.2 Å². The molecule has 1 aliphatic carbocycles. The Hall–Kier alpha value is -1.70. The van der Waals surface area contributed by atoms with Gasteiger partial charge in [-0.15, -0.1) is 0 Å². The molecule has 8 heteroatoms. The number of hydrogen-bond donors (Lipinski definition) is 2. The second-order valence-corrected chi connectivity index (χ2v) is 8.76. The Morgan fingerprint density at radius 3 is 3.00 bits per heavy atom. The average molecular weight is 408 g/mol. The smallest absolute Gasteiger partial charge is 0.265 e. The molecule has 2 N–H and O–H groups in total. The van der Waals surface area contributed by atoms with Gasteiger partial charge in [-0.1, -0.05) is 47.9 Å². The minimum atomic E-state index is -0.232. The number of hydrogen-bond acceptors (Lipinski definition) is 4. The monoisotopic (exact) mass is 407 g/mol. The first-order valence-corrected chi connectivity index (χ1v) is 10.2. The lowest BCUT2D eigenvalue weighted by atomic mass is 9.82. The molecule has 2 atom stereocenters. The maximum Gasteiger partial charge on any atom is 0.265 e. The molecule has 0 bridgehead atoms. The number of thiazole rings is 1. The number of anilines is 1. The van der Waals surface area contributed by atoms with Crippen molar-refractivity contribution in [2.24, 2.45) is 5.92 Å². The Morgan fingerprint density at radius 1 is 1.38 bits per heavy atom. The van der Waals surface area contributed by atoms with Crippen molar-refractivity contribution in [3.63, 3.8) is 0 Å². The lowest BCUT2D eigenvalue weighted by Gasteiger charge is -2.36. The Bertz CT molecular complexity index is 937. The van der Waals surface area contributed by atoms with Crippen LogP contribution in [-0.2, 0) is 11.3 Å². The van der Waals surface area contributed by atoms with Crippen molar-refractivity contribution in [1.82, 2.24) is 9.88 Å². The number of fused-ring (bicyclic) bond motifs is 3. The van der Waals surface area contributed by atoms with Crippen LogP contribution in [0.3, 0.4) is 0 Å². The van der Waals surface area contributed by atoms with Crippen LogP contribution in [0.4, 0.5) is 5.82 Å². The molecular weight excluding hydrogens is 390 g/mol. The second kappa shape index (κ2) is 7.13. The summed E-state index contributed by atoms with van der Waals surface area (Å²) in [6.07, 6.45) is 3.96. The van der Waals surface area contributed by atoms with Crippen molar-refractivity contribution < 1.29 is 9.59 Å². The highest BCUT2D eigenvalue weighted by Gasteiger charge is 2.39. The van der Waals surface area contributed by atoms with E-state index in [1.54, 1.807) is 6.07 Å². The molecule has 1 aromatic carbocycles. The predicted octanol–water partition coefficient (Wildman–Crippen LogP) is 4.55. The van der Waals surface area contributed by atoms with Gasteiger partial charge in [-0.25, -0.2) is 0 Å². The fourth-order valence-corrected chi connectivity index (χ4v) is 5.40. The highest BCUT2D eigenvalue weighted by molar-refractivity contribution is 7.73. The van der Waals surface area contributed by atoms with E-state index < -0.39 is 0 Å². The largest absolute Gasteiger partial charge is 0.347 e. The molecule has 0 saturated heterocycles. The highest BCUT2D eigenvalue weighted by Crippen LogP contribution is 2.43. The second-order valence-electron chi connectivity index (χ2n) is 6.68. The summed E-state index contributed by atoms with van der Waals surface area (Å²) in [4.78, 5) is 25.7. The van der Waals surface area contributed by atoms with Crippen molar-refractivity contribution in [2.75, 3.05) is 5.32 Å². The predicted molar refractivity (Wildman–Crippen MR) is 105 cm³/mol. The molecule has 2 aromatic rings. The van der Waals surface area contributed by atoms with Crippen molar-refractivity contribution in [3.05, 3.63) is 43.7 Å². The Kier molecular flexibility index (Phi) is 4.86. The van der Waals surface area contributed by atoms with Crippen LogP contribution in [0, 0.1) is 9.87 Å². The van der Waals surface area contributed by atoms with Crippen LogP contribution in [-0.4, -0.2) is 16.4 Å². The van der Waals surface area contributed by atoms with Crippen LogP contribution in [0.2, 0.25) is 5.02 Å². The first-order chi connectivity index (χ1) is 12.5. The lowest BCUT2D eigenvalue weighted by Crippen LogP contribution is -2.39. The summed E-state index contributed by atoms with van der Waals surface area (Å²) >= 11 is 12.8. The number of carbonyl (C=O) groups excluding carboxylic acids is 2. The minimum absolute atomic E-state index is 0.00592. The maximum absolute atomic E-state index is 12.7. The van der Waals surface area contributed by atoms with Crippen molar-refractivity contribution in [1.29, 1.82) is 0 Å². The molecule has 1 aliphatic heterocycles. The van der Waals surface area contributed by atoms with Crippen molar-refractivity contribution in [2.45, 2.75) is 38.3 Å². The van der Waals surface area contributed by atoms with Crippen LogP contribution in [0.5, 0.6) is 0 Å². The van der Waals surface area contributed by atoms with Gasteiger partial charge in [0.05, 0.1) is 5.92 Å². The van der Waals surface area contributed by atoms with Crippen LogP contribution in [0.1, 0.15) is 47.0 Å². The number of nitrogens with one attached hydrogen (secondary N) is 2. The van der Waals surface area contributed by atoms with E-state index in [1.807, 2.05) is 22.8 Å². The first kappa shape index (κ1) is 17.7. The molecule has 1 saturated carbocycles. The summed E-state index contributed by atoms with van der Waals surface area (Å²) in [5, 5.41) is 6.45. The number of nitrogens with zero attached hydrogens (tertiary/aromatic N) is 1. The van der Waals surface area contributed by atoms with Gasteiger partial charge < -0.3 is 15.2 Å². The normalized spacial score (nSPS) is 21.5.